The van der Waals surface area contributed by atoms with Crippen LogP contribution in [0.1, 0.15) is 55.3 Å². The van der Waals surface area contributed by atoms with Gasteiger partial charge in [0, 0.05) is 18.0 Å². The van der Waals surface area contributed by atoms with Crippen LogP contribution in [0.25, 0.3) is 5.65 Å². The first-order valence-corrected chi connectivity index (χ1v) is 8.10. The van der Waals surface area contributed by atoms with E-state index in [1.54, 1.807) is 10.8 Å². The Morgan fingerprint density at radius 1 is 1.32 bits per heavy atom. The molecule has 0 aliphatic heterocycles. The molecule has 0 unspecified atom stereocenters. The summed E-state index contributed by atoms with van der Waals surface area (Å²) in [5.74, 6) is 0.145. The van der Waals surface area contributed by atoms with Crippen LogP contribution in [-0.4, -0.2) is 31.8 Å². The van der Waals surface area contributed by atoms with Crippen molar-refractivity contribution < 1.29 is 4.79 Å². The van der Waals surface area contributed by atoms with Crippen molar-refractivity contribution in [1.29, 1.82) is 0 Å². The van der Waals surface area contributed by atoms with Crippen molar-refractivity contribution in [2.45, 2.75) is 64.8 Å². The van der Waals surface area contributed by atoms with Gasteiger partial charge in [-0.05, 0) is 38.7 Å². The zero-order valence-corrected chi connectivity index (χ0v) is 13.3. The molecule has 2 aromatic heterocycles. The van der Waals surface area contributed by atoms with E-state index in [4.69, 9.17) is 0 Å². The molecule has 6 nitrogen and oxygen atoms in total. The number of carbonyl (C=O) groups excluding carboxylic acids is 1. The van der Waals surface area contributed by atoms with E-state index in [2.05, 4.69) is 20.6 Å². The highest BCUT2D eigenvalue weighted by atomic mass is 16.1. The van der Waals surface area contributed by atoms with Crippen LogP contribution in [0.4, 0.5) is 0 Å². The molecule has 6 heteroatoms. The van der Waals surface area contributed by atoms with Gasteiger partial charge in [0.1, 0.15) is 6.33 Å². The molecule has 2 heterocycles. The van der Waals surface area contributed by atoms with Gasteiger partial charge < -0.3 is 5.32 Å². The number of hydrogen-bond donors (Lipinski definition) is 1. The molecule has 3 rings (SSSR count). The van der Waals surface area contributed by atoms with Crippen LogP contribution in [0.5, 0.6) is 0 Å². The fourth-order valence-corrected chi connectivity index (χ4v) is 3.33. The molecular weight excluding hydrogens is 278 g/mol. The Bertz CT molecular complexity index is 672. The maximum atomic E-state index is 12.2. The Morgan fingerprint density at radius 3 is 2.86 bits per heavy atom. The first kappa shape index (κ1) is 14.9. The van der Waals surface area contributed by atoms with Gasteiger partial charge in [0.05, 0.1) is 5.69 Å². The van der Waals surface area contributed by atoms with E-state index in [9.17, 15) is 4.79 Å². The number of fused-ring (bicyclic) bond motifs is 1. The minimum atomic E-state index is 0.145. The fraction of sp³-hybridized carbons (Fsp3) is 0.625. The summed E-state index contributed by atoms with van der Waals surface area (Å²) in [6.07, 6.45) is 8.82. The van der Waals surface area contributed by atoms with Crippen LogP contribution >= 0.6 is 0 Å². The fourth-order valence-electron chi connectivity index (χ4n) is 3.33. The average molecular weight is 301 g/mol. The minimum absolute atomic E-state index is 0.145. The SMILES string of the molecule is Cc1nn2cnnc2c(C)c1CCC(=O)NC1CCCCC1. The Balaban J connectivity index is 1.64. The number of rotatable bonds is 4. The number of nitrogens with zero attached hydrogens (tertiary/aromatic N) is 4. The minimum Gasteiger partial charge on any atom is -0.353 e. The first-order chi connectivity index (χ1) is 10.6. The second-order valence-corrected chi connectivity index (χ2v) is 6.19. The van der Waals surface area contributed by atoms with Gasteiger partial charge in [0.15, 0.2) is 5.65 Å². The number of amides is 1. The lowest BCUT2D eigenvalue weighted by molar-refractivity contribution is -0.121. The number of nitrogens with one attached hydrogen (secondary N) is 1. The molecule has 0 radical (unpaired) electrons. The molecule has 1 fully saturated rings. The average Bonchev–Trinajstić information content (AvgIpc) is 2.96. The lowest BCUT2D eigenvalue weighted by Gasteiger charge is -2.22. The van der Waals surface area contributed by atoms with Gasteiger partial charge in [-0.3, -0.25) is 4.79 Å². The molecule has 0 spiro atoms. The molecule has 0 aromatic carbocycles. The number of aromatic nitrogens is 4. The number of hydrogen-bond acceptors (Lipinski definition) is 4. The van der Waals surface area contributed by atoms with Crippen LogP contribution in [0.2, 0.25) is 0 Å². The van der Waals surface area contributed by atoms with E-state index in [1.165, 1.54) is 19.3 Å². The van der Waals surface area contributed by atoms with Crippen LogP contribution in [0, 0.1) is 13.8 Å². The van der Waals surface area contributed by atoms with Crippen molar-refractivity contribution in [1.82, 2.24) is 25.1 Å². The standard InChI is InChI=1S/C16H23N5O/c1-11-14(12(2)20-21-10-17-19-16(11)21)8-9-15(22)18-13-6-4-3-5-7-13/h10,13H,3-9H2,1-2H3,(H,18,22). The van der Waals surface area contributed by atoms with Crippen LogP contribution < -0.4 is 5.32 Å². The molecule has 1 N–H and O–H groups in total. The normalized spacial score (nSPS) is 16.1. The lowest BCUT2D eigenvalue weighted by Crippen LogP contribution is -2.36. The van der Waals surface area contributed by atoms with Gasteiger partial charge in [0.2, 0.25) is 5.91 Å². The second-order valence-electron chi connectivity index (χ2n) is 6.19. The molecule has 1 saturated carbocycles. The lowest BCUT2D eigenvalue weighted by atomic mass is 9.95. The van der Waals surface area contributed by atoms with Gasteiger partial charge in [-0.2, -0.15) is 5.10 Å². The summed E-state index contributed by atoms with van der Waals surface area (Å²) >= 11 is 0. The van der Waals surface area contributed by atoms with Crippen LogP contribution in [-0.2, 0) is 11.2 Å². The Labute approximate surface area is 130 Å². The van der Waals surface area contributed by atoms with Gasteiger partial charge in [0.25, 0.3) is 0 Å². The Morgan fingerprint density at radius 2 is 2.09 bits per heavy atom. The summed E-state index contributed by atoms with van der Waals surface area (Å²) in [6.45, 7) is 3.99. The second kappa shape index (κ2) is 6.42. The van der Waals surface area contributed by atoms with Crippen LogP contribution in [0.3, 0.4) is 0 Å². The van der Waals surface area contributed by atoms with Crippen molar-refractivity contribution in [2.24, 2.45) is 0 Å². The summed E-state index contributed by atoms with van der Waals surface area (Å²) in [7, 11) is 0. The summed E-state index contributed by atoms with van der Waals surface area (Å²) in [4.78, 5) is 12.2. The smallest absolute Gasteiger partial charge is 0.220 e. The molecule has 2 aromatic rings. The van der Waals surface area contributed by atoms with Gasteiger partial charge in [-0.1, -0.05) is 19.3 Å². The summed E-state index contributed by atoms with van der Waals surface area (Å²) < 4.78 is 1.69. The maximum Gasteiger partial charge on any atom is 0.220 e. The third-order valence-corrected chi connectivity index (χ3v) is 4.59. The molecule has 1 aliphatic carbocycles. The summed E-state index contributed by atoms with van der Waals surface area (Å²) in [6, 6.07) is 0.376. The first-order valence-electron chi connectivity index (χ1n) is 8.10. The van der Waals surface area contributed by atoms with E-state index >= 15 is 0 Å². The molecule has 1 aliphatic rings. The Hall–Kier alpha value is -1.98. The highest BCUT2D eigenvalue weighted by Crippen LogP contribution is 2.19. The Kier molecular flexibility index (Phi) is 4.36. The van der Waals surface area contributed by atoms with Crippen molar-refractivity contribution >= 4 is 11.6 Å². The molecule has 0 atom stereocenters. The predicted molar refractivity (Wildman–Crippen MR) is 83.6 cm³/mol. The van der Waals surface area contributed by atoms with Gasteiger partial charge in [-0.25, -0.2) is 4.52 Å². The highest BCUT2D eigenvalue weighted by molar-refractivity contribution is 5.76. The van der Waals surface area contributed by atoms with Crippen molar-refractivity contribution in [3.63, 3.8) is 0 Å². The summed E-state index contributed by atoms with van der Waals surface area (Å²) in [5.41, 5.74) is 3.89. The van der Waals surface area contributed by atoms with Crippen molar-refractivity contribution in [3.8, 4) is 0 Å². The zero-order valence-electron chi connectivity index (χ0n) is 13.3. The topological polar surface area (TPSA) is 72.2 Å². The molecule has 0 bridgehead atoms. The molecule has 118 valence electrons. The van der Waals surface area contributed by atoms with E-state index in [1.807, 2.05) is 13.8 Å². The van der Waals surface area contributed by atoms with Gasteiger partial charge in [-0.15, -0.1) is 10.2 Å². The zero-order chi connectivity index (χ0) is 15.5. The monoisotopic (exact) mass is 301 g/mol. The third-order valence-electron chi connectivity index (χ3n) is 4.59. The number of carbonyl (C=O) groups is 1. The van der Waals surface area contributed by atoms with Crippen molar-refractivity contribution in [3.05, 3.63) is 23.1 Å². The molecule has 1 amide bonds. The van der Waals surface area contributed by atoms with Crippen molar-refractivity contribution in [2.75, 3.05) is 0 Å². The quantitative estimate of drug-likeness (QED) is 0.939. The largest absolute Gasteiger partial charge is 0.353 e. The molecular formula is C16H23N5O. The van der Waals surface area contributed by atoms with Gasteiger partial charge >= 0.3 is 0 Å². The molecule has 0 saturated heterocycles. The van der Waals surface area contributed by atoms with E-state index < -0.39 is 0 Å². The highest BCUT2D eigenvalue weighted by Gasteiger charge is 2.17. The maximum absolute atomic E-state index is 12.2. The van der Waals surface area contributed by atoms with E-state index in [0.717, 1.165) is 35.3 Å². The third kappa shape index (κ3) is 3.10. The van der Waals surface area contributed by atoms with E-state index in [-0.39, 0.29) is 5.91 Å². The number of aryl methyl sites for hydroxylation is 2. The van der Waals surface area contributed by atoms with Crippen LogP contribution in [0.15, 0.2) is 6.33 Å². The van der Waals surface area contributed by atoms with E-state index in [0.29, 0.717) is 18.9 Å². The predicted octanol–water partition coefficient (Wildman–Crippen LogP) is 2.12. The summed E-state index contributed by atoms with van der Waals surface area (Å²) in [5, 5.41) is 15.6. The molecule has 22 heavy (non-hydrogen) atoms.